The fraction of sp³-hybridized carbons (Fsp3) is 0.368. The zero-order chi connectivity index (χ0) is 16.9. The number of amides is 1. The summed E-state index contributed by atoms with van der Waals surface area (Å²) >= 11 is 0. The van der Waals surface area contributed by atoms with Crippen LogP contribution in [0, 0.1) is 13.8 Å². The van der Waals surface area contributed by atoms with E-state index in [0.717, 1.165) is 42.9 Å². The van der Waals surface area contributed by atoms with Gasteiger partial charge in [-0.3, -0.25) is 9.78 Å². The first kappa shape index (κ1) is 16.5. The van der Waals surface area contributed by atoms with Crippen LogP contribution >= 0.6 is 0 Å². The Hall–Kier alpha value is -2.40. The molecule has 1 aromatic heterocycles. The summed E-state index contributed by atoms with van der Waals surface area (Å²) in [5.74, 6) is -0.209. The van der Waals surface area contributed by atoms with Crippen molar-refractivity contribution in [3.8, 4) is 0 Å². The Morgan fingerprint density at radius 2 is 2.08 bits per heavy atom. The largest absolute Gasteiger partial charge is 0.382 e. The third-order valence-corrected chi connectivity index (χ3v) is 4.32. The van der Waals surface area contributed by atoms with Gasteiger partial charge in [-0.25, -0.2) is 0 Å². The Labute approximate surface area is 142 Å². The lowest BCUT2D eigenvalue weighted by molar-refractivity contribution is 0.102. The van der Waals surface area contributed by atoms with Gasteiger partial charge < -0.3 is 15.4 Å². The monoisotopic (exact) mass is 325 g/mol. The molecule has 1 atom stereocenters. The van der Waals surface area contributed by atoms with Crippen LogP contribution in [0.4, 0.5) is 11.4 Å². The molecule has 126 valence electrons. The van der Waals surface area contributed by atoms with Crippen LogP contribution in [-0.4, -0.2) is 30.1 Å². The number of nitrogens with one attached hydrogen (secondary N) is 2. The fourth-order valence-corrected chi connectivity index (χ4v) is 2.72. The van der Waals surface area contributed by atoms with E-state index < -0.39 is 0 Å². The molecule has 3 rings (SSSR count). The highest BCUT2D eigenvalue weighted by atomic mass is 16.5. The molecule has 2 heterocycles. The van der Waals surface area contributed by atoms with Crippen molar-refractivity contribution < 1.29 is 9.53 Å². The Kier molecular flexibility index (Phi) is 5.11. The number of carbonyl (C=O) groups excluding carboxylic acids is 1. The molecule has 0 bridgehead atoms. The molecule has 2 aromatic rings. The molecule has 1 unspecified atom stereocenters. The number of pyridine rings is 1. The van der Waals surface area contributed by atoms with Crippen molar-refractivity contribution in [1.29, 1.82) is 0 Å². The molecule has 24 heavy (non-hydrogen) atoms. The quantitative estimate of drug-likeness (QED) is 0.882. The van der Waals surface area contributed by atoms with Crippen LogP contribution in [0.2, 0.25) is 0 Å². The molecule has 0 saturated carbocycles. The van der Waals surface area contributed by atoms with Gasteiger partial charge in [-0.15, -0.1) is 0 Å². The summed E-state index contributed by atoms with van der Waals surface area (Å²) in [5, 5.41) is 6.21. The predicted octanol–water partition coefficient (Wildman–Crippen LogP) is 3.54. The number of hydrogen-bond donors (Lipinski definition) is 2. The first-order valence-electron chi connectivity index (χ1n) is 8.32. The molecule has 5 nitrogen and oxygen atoms in total. The van der Waals surface area contributed by atoms with Crippen molar-refractivity contribution in [3.05, 3.63) is 53.3 Å². The molecule has 1 fully saturated rings. The number of rotatable bonds is 5. The summed E-state index contributed by atoms with van der Waals surface area (Å²) < 4.78 is 5.59. The van der Waals surface area contributed by atoms with E-state index in [9.17, 15) is 4.79 Å². The van der Waals surface area contributed by atoms with Gasteiger partial charge in [0, 0.05) is 30.7 Å². The van der Waals surface area contributed by atoms with Gasteiger partial charge in [-0.1, -0.05) is 6.07 Å². The Balaban J connectivity index is 1.63. The van der Waals surface area contributed by atoms with Gasteiger partial charge >= 0.3 is 0 Å². The topological polar surface area (TPSA) is 63.2 Å². The highest BCUT2D eigenvalue weighted by molar-refractivity contribution is 6.03. The minimum Gasteiger partial charge on any atom is -0.382 e. The van der Waals surface area contributed by atoms with Crippen molar-refractivity contribution in [2.24, 2.45) is 0 Å². The van der Waals surface area contributed by atoms with E-state index in [2.05, 4.69) is 15.6 Å². The van der Waals surface area contributed by atoms with E-state index >= 15 is 0 Å². The number of hydrogen-bond acceptors (Lipinski definition) is 4. The van der Waals surface area contributed by atoms with E-state index in [1.807, 2.05) is 38.1 Å². The molecule has 0 spiro atoms. The van der Waals surface area contributed by atoms with Crippen molar-refractivity contribution in [3.63, 3.8) is 0 Å². The second kappa shape index (κ2) is 7.45. The molecule has 1 aliphatic heterocycles. The van der Waals surface area contributed by atoms with E-state index in [1.165, 1.54) is 5.56 Å². The maximum absolute atomic E-state index is 12.4. The van der Waals surface area contributed by atoms with Crippen LogP contribution < -0.4 is 10.6 Å². The van der Waals surface area contributed by atoms with Crippen LogP contribution in [0.15, 0.2) is 36.5 Å². The Morgan fingerprint density at radius 1 is 1.21 bits per heavy atom. The molecule has 5 heteroatoms. The summed E-state index contributed by atoms with van der Waals surface area (Å²) in [7, 11) is 0. The van der Waals surface area contributed by atoms with Gasteiger partial charge in [0.25, 0.3) is 5.91 Å². The molecule has 1 aliphatic rings. The van der Waals surface area contributed by atoms with Gasteiger partial charge in [0.15, 0.2) is 0 Å². The van der Waals surface area contributed by atoms with Crippen molar-refractivity contribution in [1.82, 2.24) is 4.98 Å². The lowest BCUT2D eigenvalue weighted by Gasteiger charge is -2.12. The average Bonchev–Trinajstić information content (AvgIpc) is 3.10. The normalized spacial score (nSPS) is 16.8. The highest BCUT2D eigenvalue weighted by Gasteiger charge is 2.15. The van der Waals surface area contributed by atoms with Gasteiger partial charge in [0.1, 0.15) is 5.69 Å². The molecule has 0 radical (unpaired) electrons. The number of anilines is 2. The second-order valence-corrected chi connectivity index (χ2v) is 6.20. The minimum absolute atomic E-state index is 0.209. The maximum Gasteiger partial charge on any atom is 0.274 e. The summed E-state index contributed by atoms with van der Waals surface area (Å²) in [6.45, 7) is 5.67. The second-order valence-electron chi connectivity index (χ2n) is 6.20. The molecular weight excluding hydrogens is 302 g/mol. The smallest absolute Gasteiger partial charge is 0.274 e. The zero-order valence-corrected chi connectivity index (χ0v) is 14.1. The van der Waals surface area contributed by atoms with E-state index in [1.54, 1.807) is 12.3 Å². The standard InChI is InChI=1S/C19H23N3O2/c1-13-5-6-16(10-14(13)2)22-19(23)18-11-15(7-8-20-18)21-12-17-4-3-9-24-17/h5-8,10-11,17H,3-4,9,12H2,1-2H3,(H,20,21)(H,22,23). The number of aryl methyl sites for hydroxylation is 2. The molecule has 2 N–H and O–H groups in total. The number of ether oxygens (including phenoxy) is 1. The number of carbonyl (C=O) groups is 1. The number of aromatic nitrogens is 1. The third kappa shape index (κ3) is 4.11. The Bertz CT molecular complexity index is 724. The molecule has 1 saturated heterocycles. The first-order chi connectivity index (χ1) is 11.6. The SMILES string of the molecule is Cc1ccc(NC(=O)c2cc(NCC3CCCO3)ccn2)cc1C. The summed E-state index contributed by atoms with van der Waals surface area (Å²) in [6, 6.07) is 9.50. The highest BCUT2D eigenvalue weighted by Crippen LogP contribution is 2.17. The van der Waals surface area contributed by atoms with Crippen LogP contribution in [0.3, 0.4) is 0 Å². The van der Waals surface area contributed by atoms with Crippen molar-refractivity contribution in [2.45, 2.75) is 32.8 Å². The van der Waals surface area contributed by atoms with E-state index in [4.69, 9.17) is 4.74 Å². The lowest BCUT2D eigenvalue weighted by atomic mass is 10.1. The van der Waals surface area contributed by atoms with Crippen molar-refractivity contribution in [2.75, 3.05) is 23.8 Å². The first-order valence-corrected chi connectivity index (χ1v) is 8.32. The Morgan fingerprint density at radius 3 is 2.83 bits per heavy atom. The predicted molar refractivity (Wildman–Crippen MR) is 95.6 cm³/mol. The van der Waals surface area contributed by atoms with Crippen LogP contribution in [-0.2, 0) is 4.74 Å². The minimum atomic E-state index is -0.209. The molecule has 1 amide bonds. The number of benzene rings is 1. The maximum atomic E-state index is 12.4. The van der Waals surface area contributed by atoms with Gasteiger partial charge in [-0.05, 0) is 62.1 Å². The van der Waals surface area contributed by atoms with Crippen molar-refractivity contribution >= 4 is 17.3 Å². The van der Waals surface area contributed by atoms with E-state index in [-0.39, 0.29) is 12.0 Å². The molecule has 0 aliphatic carbocycles. The average molecular weight is 325 g/mol. The third-order valence-electron chi connectivity index (χ3n) is 4.32. The number of nitrogens with zero attached hydrogens (tertiary/aromatic N) is 1. The summed E-state index contributed by atoms with van der Waals surface area (Å²) in [4.78, 5) is 16.6. The summed E-state index contributed by atoms with van der Waals surface area (Å²) in [6.07, 6.45) is 4.10. The molecule has 1 aromatic carbocycles. The van der Waals surface area contributed by atoms with Gasteiger partial charge in [0.2, 0.25) is 0 Å². The lowest BCUT2D eigenvalue weighted by Crippen LogP contribution is -2.19. The van der Waals surface area contributed by atoms with Crippen LogP contribution in [0.5, 0.6) is 0 Å². The fourth-order valence-electron chi connectivity index (χ4n) is 2.72. The molecular formula is C19H23N3O2. The van der Waals surface area contributed by atoms with Crippen LogP contribution in [0.25, 0.3) is 0 Å². The summed E-state index contributed by atoms with van der Waals surface area (Å²) in [5.41, 5.74) is 4.40. The van der Waals surface area contributed by atoms with Gasteiger partial charge in [0.05, 0.1) is 6.10 Å². The zero-order valence-electron chi connectivity index (χ0n) is 14.1. The van der Waals surface area contributed by atoms with E-state index in [0.29, 0.717) is 5.69 Å². The van der Waals surface area contributed by atoms with Crippen LogP contribution in [0.1, 0.15) is 34.5 Å². The van der Waals surface area contributed by atoms with Gasteiger partial charge in [-0.2, -0.15) is 0 Å².